The number of benzene rings is 2. The van der Waals surface area contributed by atoms with Gasteiger partial charge in [0.15, 0.2) is 0 Å². The van der Waals surface area contributed by atoms with Crippen LogP contribution in [0.2, 0.25) is 0 Å². The number of aryl methyl sites for hydroxylation is 2. The molecule has 1 aromatic heterocycles. The van der Waals surface area contributed by atoms with Crippen molar-refractivity contribution in [3.63, 3.8) is 0 Å². The fourth-order valence-electron chi connectivity index (χ4n) is 4.32. The van der Waals surface area contributed by atoms with Gasteiger partial charge in [-0.25, -0.2) is 14.4 Å². The zero-order valence-electron chi connectivity index (χ0n) is 19.9. The van der Waals surface area contributed by atoms with Crippen molar-refractivity contribution in [1.29, 1.82) is 0 Å². The third-order valence-corrected chi connectivity index (χ3v) is 6.68. The van der Waals surface area contributed by atoms with E-state index in [1.807, 2.05) is 43.5 Å². The third-order valence-electron chi connectivity index (χ3n) is 6.04. The van der Waals surface area contributed by atoms with Crippen molar-refractivity contribution < 1.29 is 23.5 Å². The molecule has 1 aliphatic rings. The highest BCUT2D eigenvalue weighted by atomic mass is 32.2. The Balaban J connectivity index is 1.56. The van der Waals surface area contributed by atoms with Crippen LogP contribution in [0, 0.1) is 6.92 Å². The normalized spacial score (nSPS) is 13.7. The molecule has 0 bridgehead atoms. The molecule has 4 rings (SSSR count). The number of carbonyl (C=O) groups excluding carboxylic acids is 2. The summed E-state index contributed by atoms with van der Waals surface area (Å²) in [6.07, 6.45) is 4.89. The molecule has 8 heteroatoms. The zero-order chi connectivity index (χ0) is 24.8. The Hall–Kier alpha value is -3.26. The molecule has 35 heavy (non-hydrogen) atoms. The van der Waals surface area contributed by atoms with Crippen LogP contribution in [0.3, 0.4) is 0 Å². The van der Waals surface area contributed by atoms with E-state index in [2.05, 4.69) is 5.32 Å². The average Bonchev–Trinajstić information content (AvgIpc) is 2.85. The number of fused-ring (bicyclic) bond motifs is 3. The van der Waals surface area contributed by atoms with Gasteiger partial charge in [0.25, 0.3) is 0 Å². The topological polar surface area (TPSA) is 94.8 Å². The Bertz CT molecular complexity index is 1270. The number of ether oxygens (including phenoxy) is 2. The summed E-state index contributed by atoms with van der Waals surface area (Å²) in [4.78, 5) is 38.2. The molecule has 0 saturated carbocycles. The van der Waals surface area contributed by atoms with Crippen LogP contribution in [0.25, 0.3) is 11.0 Å². The van der Waals surface area contributed by atoms with Gasteiger partial charge in [-0.05, 0) is 79.9 Å². The van der Waals surface area contributed by atoms with E-state index in [4.69, 9.17) is 13.9 Å². The van der Waals surface area contributed by atoms with Crippen molar-refractivity contribution in [1.82, 2.24) is 5.32 Å². The second-order valence-electron chi connectivity index (χ2n) is 8.65. The van der Waals surface area contributed by atoms with Crippen molar-refractivity contribution in [2.75, 3.05) is 12.0 Å². The maximum Gasteiger partial charge on any atom is 0.408 e. The van der Waals surface area contributed by atoms with Crippen LogP contribution < -0.4 is 15.7 Å². The first-order chi connectivity index (χ1) is 17.0. The number of rotatable bonds is 8. The van der Waals surface area contributed by atoms with E-state index in [0.717, 1.165) is 36.0 Å². The summed E-state index contributed by atoms with van der Waals surface area (Å²) >= 11 is 1.57. The molecule has 1 unspecified atom stereocenters. The summed E-state index contributed by atoms with van der Waals surface area (Å²) in [6, 6.07) is 12.0. The second-order valence-corrected chi connectivity index (χ2v) is 9.64. The van der Waals surface area contributed by atoms with Gasteiger partial charge < -0.3 is 19.2 Å². The lowest BCUT2D eigenvalue weighted by Crippen LogP contribution is -2.43. The van der Waals surface area contributed by atoms with Crippen LogP contribution in [-0.4, -0.2) is 30.1 Å². The molecule has 1 amide bonds. The predicted molar refractivity (Wildman–Crippen MR) is 136 cm³/mol. The van der Waals surface area contributed by atoms with Gasteiger partial charge in [-0.2, -0.15) is 11.8 Å². The third kappa shape index (κ3) is 6.06. The molecule has 184 valence electrons. The maximum atomic E-state index is 13.2. The van der Waals surface area contributed by atoms with Gasteiger partial charge >= 0.3 is 17.7 Å². The Kier molecular flexibility index (Phi) is 8.13. The SMILES string of the molecule is CSCCC(NC(=O)OCc1ccccc1)C(=O)Oc1cc(C)cc2oc(=O)c3c(c12)CCCC3. The summed E-state index contributed by atoms with van der Waals surface area (Å²) in [5.41, 5.74) is 3.29. The summed E-state index contributed by atoms with van der Waals surface area (Å²) in [5.74, 6) is 0.413. The molecule has 0 fully saturated rings. The number of alkyl carbamates (subject to hydrolysis) is 1. The number of nitrogens with one attached hydrogen (secondary N) is 1. The molecule has 0 spiro atoms. The Morgan fingerprint density at radius 1 is 1.11 bits per heavy atom. The number of amides is 1. The fraction of sp³-hybridized carbons (Fsp3) is 0.370. The monoisotopic (exact) mass is 495 g/mol. The number of hydrogen-bond acceptors (Lipinski definition) is 7. The van der Waals surface area contributed by atoms with Crippen LogP contribution in [-0.2, 0) is 29.0 Å². The van der Waals surface area contributed by atoms with E-state index < -0.39 is 18.1 Å². The molecular weight excluding hydrogens is 466 g/mol. The number of hydrogen-bond donors (Lipinski definition) is 1. The van der Waals surface area contributed by atoms with Crippen LogP contribution in [0.5, 0.6) is 5.75 Å². The summed E-state index contributed by atoms with van der Waals surface area (Å²) in [6.45, 7) is 1.95. The maximum absolute atomic E-state index is 13.2. The van der Waals surface area contributed by atoms with Gasteiger partial charge in [-0.15, -0.1) is 0 Å². The highest BCUT2D eigenvalue weighted by Crippen LogP contribution is 2.34. The second kappa shape index (κ2) is 11.4. The minimum Gasteiger partial charge on any atom is -0.445 e. The Labute approximate surface area is 208 Å². The van der Waals surface area contributed by atoms with E-state index in [-0.39, 0.29) is 12.2 Å². The molecule has 3 aromatic rings. The Morgan fingerprint density at radius 2 is 1.86 bits per heavy atom. The standard InChI is InChI=1S/C27H29NO6S/c1-17-14-22-24(19-10-6-7-11-20(19)25(29)33-22)23(15-17)34-26(30)21(12-13-35-2)28-27(31)32-16-18-8-4-3-5-9-18/h3-5,8-9,14-15,21H,6-7,10-13,16H2,1-2H3,(H,28,31). The van der Waals surface area contributed by atoms with Crippen molar-refractivity contribution >= 4 is 34.8 Å². The first-order valence-electron chi connectivity index (χ1n) is 11.7. The molecule has 1 aliphatic carbocycles. The first-order valence-corrected chi connectivity index (χ1v) is 13.1. The Morgan fingerprint density at radius 3 is 2.60 bits per heavy atom. The van der Waals surface area contributed by atoms with Gasteiger partial charge in [0, 0.05) is 5.56 Å². The van der Waals surface area contributed by atoms with Gasteiger partial charge in [-0.1, -0.05) is 30.3 Å². The van der Waals surface area contributed by atoms with Crippen molar-refractivity contribution in [3.05, 3.63) is 75.1 Å². The van der Waals surface area contributed by atoms with Gasteiger partial charge in [0.2, 0.25) is 0 Å². The molecular formula is C27H29NO6S. The van der Waals surface area contributed by atoms with Crippen LogP contribution in [0.15, 0.2) is 51.7 Å². The van der Waals surface area contributed by atoms with Gasteiger partial charge in [-0.3, -0.25) is 0 Å². The summed E-state index contributed by atoms with van der Waals surface area (Å²) in [5, 5.41) is 3.31. The van der Waals surface area contributed by atoms with Crippen molar-refractivity contribution in [2.24, 2.45) is 0 Å². The van der Waals surface area contributed by atoms with Crippen molar-refractivity contribution in [2.45, 2.75) is 51.7 Å². The van der Waals surface area contributed by atoms with Crippen LogP contribution in [0.1, 0.15) is 41.5 Å². The summed E-state index contributed by atoms with van der Waals surface area (Å²) in [7, 11) is 0. The van der Waals surface area contributed by atoms with Gasteiger partial charge in [0.1, 0.15) is 24.0 Å². The van der Waals surface area contributed by atoms with Gasteiger partial charge in [0.05, 0.1) is 5.39 Å². The average molecular weight is 496 g/mol. The molecule has 1 atom stereocenters. The number of carbonyl (C=O) groups is 2. The smallest absolute Gasteiger partial charge is 0.408 e. The van der Waals surface area contributed by atoms with E-state index in [1.165, 1.54) is 0 Å². The molecule has 1 N–H and O–H groups in total. The highest BCUT2D eigenvalue weighted by Gasteiger charge is 2.26. The van der Waals surface area contributed by atoms with Crippen LogP contribution >= 0.6 is 11.8 Å². The zero-order valence-corrected chi connectivity index (χ0v) is 20.7. The quantitative estimate of drug-likeness (QED) is 0.269. The molecule has 0 radical (unpaired) electrons. The van der Waals surface area contributed by atoms with E-state index >= 15 is 0 Å². The van der Waals surface area contributed by atoms with Crippen molar-refractivity contribution in [3.8, 4) is 5.75 Å². The number of esters is 1. The molecule has 0 aliphatic heterocycles. The number of thioether (sulfide) groups is 1. The lowest BCUT2D eigenvalue weighted by Gasteiger charge is -2.20. The lowest BCUT2D eigenvalue weighted by atomic mass is 9.90. The van der Waals surface area contributed by atoms with Crippen LogP contribution in [0.4, 0.5) is 4.79 Å². The largest absolute Gasteiger partial charge is 0.445 e. The lowest BCUT2D eigenvalue weighted by molar-refractivity contribution is -0.136. The highest BCUT2D eigenvalue weighted by molar-refractivity contribution is 7.98. The molecule has 7 nitrogen and oxygen atoms in total. The minimum absolute atomic E-state index is 0.102. The fourth-order valence-corrected chi connectivity index (χ4v) is 4.79. The van der Waals surface area contributed by atoms with E-state index in [0.29, 0.717) is 40.9 Å². The molecule has 1 heterocycles. The predicted octanol–water partition coefficient (Wildman–Crippen LogP) is 4.93. The van der Waals surface area contributed by atoms with E-state index in [1.54, 1.807) is 23.9 Å². The molecule has 0 saturated heterocycles. The first kappa shape index (κ1) is 24.9. The summed E-state index contributed by atoms with van der Waals surface area (Å²) < 4.78 is 16.7. The van der Waals surface area contributed by atoms with E-state index in [9.17, 15) is 14.4 Å². The molecule has 2 aromatic carbocycles. The minimum atomic E-state index is -0.882.